The average molecular weight is 502 g/mol. The Morgan fingerprint density at radius 2 is 2.13 bits per heavy atom. The van der Waals surface area contributed by atoms with Gasteiger partial charge in [-0.25, -0.2) is 9.97 Å². The van der Waals surface area contributed by atoms with Crippen molar-refractivity contribution >= 4 is 49.2 Å². The van der Waals surface area contributed by atoms with E-state index in [1.165, 1.54) is 32.4 Å². The molecule has 0 spiro atoms. The molecule has 0 atom stereocenters. The van der Waals surface area contributed by atoms with E-state index in [2.05, 4.69) is 43.5 Å². The van der Waals surface area contributed by atoms with E-state index in [0.29, 0.717) is 11.5 Å². The maximum atomic E-state index is 12.2. The normalized spacial score (nSPS) is 15.3. The molecule has 1 aliphatic rings. The first kappa shape index (κ1) is 22.2. The number of benzene rings is 1. The number of likely N-dealkylation sites (tertiary alicyclic amines) is 1. The first-order valence-electron chi connectivity index (χ1n) is 10.7. The van der Waals surface area contributed by atoms with E-state index in [-0.39, 0.29) is 5.91 Å². The van der Waals surface area contributed by atoms with Crippen LogP contribution >= 0.6 is 27.3 Å². The van der Waals surface area contributed by atoms with Crippen LogP contribution < -0.4 is 10.6 Å². The molecule has 3 heterocycles. The number of anilines is 1. The minimum Gasteiger partial charge on any atom is -0.355 e. The lowest BCUT2D eigenvalue weighted by Gasteiger charge is -2.28. The molecular weight excluding hydrogens is 474 g/mol. The molecule has 1 saturated heterocycles. The van der Waals surface area contributed by atoms with E-state index in [1.807, 2.05) is 24.3 Å². The molecule has 31 heavy (non-hydrogen) atoms. The molecule has 1 fully saturated rings. The van der Waals surface area contributed by atoms with E-state index >= 15 is 0 Å². The Balaban J connectivity index is 1.45. The van der Waals surface area contributed by atoms with E-state index < -0.39 is 0 Å². The SMILES string of the molecule is CNC(=O)c1cccc2sc(-c3nc(NCCCC4CCN(C)CC4)ncc3Br)cc12. The van der Waals surface area contributed by atoms with Crippen molar-refractivity contribution in [3.8, 4) is 10.6 Å². The number of halogens is 1. The molecule has 1 aromatic carbocycles. The second kappa shape index (κ2) is 10.1. The quantitative estimate of drug-likeness (QED) is 0.445. The molecule has 0 bridgehead atoms. The first-order chi connectivity index (χ1) is 15.0. The maximum Gasteiger partial charge on any atom is 0.251 e. The number of fused-ring (bicyclic) bond motifs is 1. The molecule has 4 rings (SSSR count). The maximum absolute atomic E-state index is 12.2. The highest BCUT2D eigenvalue weighted by atomic mass is 79.9. The van der Waals surface area contributed by atoms with Gasteiger partial charge in [-0.3, -0.25) is 4.79 Å². The third-order valence-electron chi connectivity index (χ3n) is 5.92. The van der Waals surface area contributed by atoms with Crippen molar-refractivity contribution < 1.29 is 4.79 Å². The predicted molar refractivity (Wildman–Crippen MR) is 132 cm³/mol. The van der Waals surface area contributed by atoms with Crippen LogP contribution in [0.5, 0.6) is 0 Å². The van der Waals surface area contributed by atoms with Gasteiger partial charge < -0.3 is 15.5 Å². The van der Waals surface area contributed by atoms with Crippen molar-refractivity contribution in [3.05, 3.63) is 40.5 Å². The Labute approximate surface area is 195 Å². The molecular formula is C23H28BrN5OS. The lowest BCUT2D eigenvalue weighted by atomic mass is 9.92. The van der Waals surface area contributed by atoms with Crippen LogP contribution in [0.4, 0.5) is 5.95 Å². The summed E-state index contributed by atoms with van der Waals surface area (Å²) in [5.41, 5.74) is 1.52. The number of carbonyl (C=O) groups is 1. The molecule has 2 aromatic heterocycles. The number of hydrogen-bond donors (Lipinski definition) is 2. The molecule has 0 aliphatic carbocycles. The number of nitrogens with one attached hydrogen (secondary N) is 2. The fourth-order valence-electron chi connectivity index (χ4n) is 4.08. The number of amides is 1. The fraction of sp³-hybridized carbons (Fsp3) is 0.435. The Morgan fingerprint density at radius 1 is 1.32 bits per heavy atom. The molecule has 8 heteroatoms. The highest BCUT2D eigenvalue weighted by Gasteiger charge is 2.17. The highest BCUT2D eigenvalue weighted by molar-refractivity contribution is 9.10. The number of hydrogen-bond acceptors (Lipinski definition) is 6. The third kappa shape index (κ3) is 5.25. The topological polar surface area (TPSA) is 70.2 Å². The summed E-state index contributed by atoms with van der Waals surface area (Å²) < 4.78 is 1.91. The highest BCUT2D eigenvalue weighted by Crippen LogP contribution is 2.37. The van der Waals surface area contributed by atoms with Gasteiger partial charge in [-0.15, -0.1) is 11.3 Å². The lowest BCUT2D eigenvalue weighted by Crippen LogP contribution is -2.30. The van der Waals surface area contributed by atoms with Crippen molar-refractivity contribution in [1.29, 1.82) is 0 Å². The second-order valence-electron chi connectivity index (χ2n) is 8.11. The predicted octanol–water partition coefficient (Wildman–Crippen LogP) is 5.01. The van der Waals surface area contributed by atoms with E-state index in [0.717, 1.165) is 44.0 Å². The third-order valence-corrected chi connectivity index (χ3v) is 7.61. The van der Waals surface area contributed by atoms with Gasteiger partial charge in [0.25, 0.3) is 5.91 Å². The Morgan fingerprint density at radius 3 is 2.90 bits per heavy atom. The summed E-state index contributed by atoms with van der Waals surface area (Å²) in [5.74, 6) is 1.40. The zero-order valence-electron chi connectivity index (χ0n) is 17.9. The molecule has 1 aliphatic heterocycles. The van der Waals surface area contributed by atoms with Crippen LogP contribution in [0.25, 0.3) is 20.7 Å². The van der Waals surface area contributed by atoms with Crippen molar-refractivity contribution in [3.63, 3.8) is 0 Å². The zero-order valence-corrected chi connectivity index (χ0v) is 20.4. The van der Waals surface area contributed by atoms with Gasteiger partial charge in [-0.2, -0.15) is 0 Å². The summed E-state index contributed by atoms with van der Waals surface area (Å²) in [6.07, 6.45) is 6.79. The Kier molecular flexibility index (Phi) is 7.20. The number of nitrogens with zero attached hydrogens (tertiary/aromatic N) is 3. The molecule has 6 nitrogen and oxygen atoms in total. The average Bonchev–Trinajstić information content (AvgIpc) is 3.22. The van der Waals surface area contributed by atoms with Crippen LogP contribution in [-0.4, -0.2) is 54.5 Å². The number of piperidine rings is 1. The van der Waals surface area contributed by atoms with Crippen LogP contribution in [0.3, 0.4) is 0 Å². The molecule has 0 unspecified atom stereocenters. The minimum absolute atomic E-state index is 0.0799. The summed E-state index contributed by atoms with van der Waals surface area (Å²) in [6.45, 7) is 3.31. The molecule has 2 N–H and O–H groups in total. The Hall–Kier alpha value is -2.03. The van der Waals surface area contributed by atoms with Crippen molar-refractivity contribution in [2.75, 3.05) is 39.0 Å². The lowest BCUT2D eigenvalue weighted by molar-refractivity contribution is 0.0965. The van der Waals surface area contributed by atoms with E-state index in [9.17, 15) is 4.79 Å². The number of rotatable bonds is 7. The van der Waals surface area contributed by atoms with Gasteiger partial charge in [0.05, 0.1) is 9.35 Å². The van der Waals surface area contributed by atoms with Crippen molar-refractivity contribution in [1.82, 2.24) is 20.2 Å². The molecule has 1 amide bonds. The summed E-state index contributed by atoms with van der Waals surface area (Å²) >= 11 is 5.23. The van der Waals surface area contributed by atoms with Crippen LogP contribution in [-0.2, 0) is 0 Å². The number of carbonyl (C=O) groups excluding carboxylic acids is 1. The van der Waals surface area contributed by atoms with Gasteiger partial charge in [-0.05, 0) is 85.9 Å². The van der Waals surface area contributed by atoms with Crippen molar-refractivity contribution in [2.45, 2.75) is 25.7 Å². The summed E-state index contributed by atoms with van der Waals surface area (Å²) in [4.78, 5) is 24.8. The smallest absolute Gasteiger partial charge is 0.251 e. The monoisotopic (exact) mass is 501 g/mol. The fourth-order valence-corrected chi connectivity index (χ4v) is 5.70. The van der Waals surface area contributed by atoms with Crippen LogP contribution in [0, 0.1) is 5.92 Å². The molecule has 0 radical (unpaired) electrons. The van der Waals surface area contributed by atoms with Gasteiger partial charge in [-0.1, -0.05) is 6.07 Å². The largest absolute Gasteiger partial charge is 0.355 e. The van der Waals surface area contributed by atoms with Crippen LogP contribution in [0.2, 0.25) is 0 Å². The zero-order chi connectivity index (χ0) is 21.8. The number of aromatic nitrogens is 2. The van der Waals surface area contributed by atoms with Crippen LogP contribution in [0.15, 0.2) is 34.9 Å². The van der Waals surface area contributed by atoms with Crippen LogP contribution in [0.1, 0.15) is 36.0 Å². The van der Waals surface area contributed by atoms with Gasteiger partial charge in [0, 0.05) is 35.4 Å². The summed E-state index contributed by atoms with van der Waals surface area (Å²) in [5, 5.41) is 7.05. The minimum atomic E-state index is -0.0799. The summed E-state index contributed by atoms with van der Waals surface area (Å²) in [6, 6.07) is 7.85. The standard InChI is InChI=1S/C23H28BrN5OS/c1-25-22(30)16-6-3-7-19-17(16)13-20(31-19)21-18(24)14-27-23(28-21)26-10-4-5-15-8-11-29(2)12-9-15/h3,6-7,13-15H,4-5,8-12H2,1-2H3,(H,25,30)(H,26,27,28). The van der Waals surface area contributed by atoms with Gasteiger partial charge in [0.1, 0.15) is 5.69 Å². The summed E-state index contributed by atoms with van der Waals surface area (Å²) in [7, 11) is 3.86. The number of thiophene rings is 1. The second-order valence-corrected chi connectivity index (χ2v) is 10.1. The first-order valence-corrected chi connectivity index (χ1v) is 12.4. The molecule has 3 aromatic rings. The Bertz CT molecular complexity index is 1060. The van der Waals surface area contributed by atoms with E-state index in [1.54, 1.807) is 24.6 Å². The molecule has 0 saturated carbocycles. The van der Waals surface area contributed by atoms with E-state index in [4.69, 9.17) is 4.98 Å². The van der Waals surface area contributed by atoms with Gasteiger partial charge in [0.15, 0.2) is 0 Å². The van der Waals surface area contributed by atoms with Gasteiger partial charge >= 0.3 is 0 Å². The van der Waals surface area contributed by atoms with Gasteiger partial charge in [0.2, 0.25) is 5.95 Å². The molecule has 164 valence electrons. The van der Waals surface area contributed by atoms with Crippen molar-refractivity contribution in [2.24, 2.45) is 5.92 Å².